The molecule has 3 rings (SSSR count). The summed E-state index contributed by atoms with van der Waals surface area (Å²) in [5.41, 5.74) is 2.13. The van der Waals surface area contributed by atoms with Gasteiger partial charge in [-0.25, -0.2) is 4.98 Å². The van der Waals surface area contributed by atoms with Gasteiger partial charge < -0.3 is 10.0 Å². The summed E-state index contributed by atoms with van der Waals surface area (Å²) in [6.45, 7) is 2.08. The quantitative estimate of drug-likeness (QED) is 0.943. The maximum atomic E-state index is 12.5. The van der Waals surface area contributed by atoms with Crippen molar-refractivity contribution in [1.29, 1.82) is 0 Å². The second-order valence-corrected chi connectivity index (χ2v) is 6.05. The van der Waals surface area contributed by atoms with Crippen molar-refractivity contribution in [2.24, 2.45) is 0 Å². The molecule has 1 aromatic carbocycles. The molecule has 2 aromatic rings. The molecule has 0 unspecified atom stereocenters. The van der Waals surface area contributed by atoms with Gasteiger partial charge in [0.25, 0.3) is 0 Å². The van der Waals surface area contributed by atoms with Crippen molar-refractivity contribution in [3.63, 3.8) is 0 Å². The van der Waals surface area contributed by atoms with E-state index in [1.165, 1.54) is 11.3 Å². The fraction of sp³-hybridized carbons (Fsp3) is 0.267. The van der Waals surface area contributed by atoms with Crippen LogP contribution in [0, 0.1) is 6.92 Å². The van der Waals surface area contributed by atoms with Gasteiger partial charge in [-0.1, -0.05) is 18.2 Å². The largest absolute Gasteiger partial charge is 0.481 e. The van der Waals surface area contributed by atoms with E-state index < -0.39 is 11.9 Å². The third-order valence-corrected chi connectivity index (χ3v) is 4.39. The molecule has 0 bridgehead atoms. The van der Waals surface area contributed by atoms with Crippen molar-refractivity contribution in [2.75, 3.05) is 11.4 Å². The van der Waals surface area contributed by atoms with E-state index in [0.29, 0.717) is 11.3 Å². The van der Waals surface area contributed by atoms with Crippen molar-refractivity contribution in [2.45, 2.75) is 19.3 Å². The van der Waals surface area contributed by atoms with Crippen LogP contribution in [0.2, 0.25) is 0 Å². The number of anilines is 1. The van der Waals surface area contributed by atoms with Crippen LogP contribution in [0.15, 0.2) is 29.6 Å². The first-order valence-electron chi connectivity index (χ1n) is 6.59. The number of rotatable bonds is 3. The third kappa shape index (κ3) is 2.54. The molecule has 108 valence electrons. The van der Waals surface area contributed by atoms with Crippen molar-refractivity contribution in [1.82, 2.24) is 4.98 Å². The molecule has 1 aromatic heterocycles. The number of carboxylic acids is 1. The number of carbonyl (C=O) groups is 2. The van der Waals surface area contributed by atoms with Crippen molar-refractivity contribution in [3.8, 4) is 0 Å². The summed E-state index contributed by atoms with van der Waals surface area (Å²) in [7, 11) is 0. The Morgan fingerprint density at radius 3 is 2.86 bits per heavy atom. The lowest BCUT2D eigenvalue weighted by Gasteiger charge is -2.16. The van der Waals surface area contributed by atoms with Gasteiger partial charge in [-0.3, -0.25) is 9.59 Å². The molecule has 1 atom stereocenters. The molecule has 1 amide bonds. The summed E-state index contributed by atoms with van der Waals surface area (Å²) in [5, 5.41) is 12.1. The zero-order valence-corrected chi connectivity index (χ0v) is 12.3. The Bertz CT molecular complexity index is 710. The number of aryl methyl sites for hydroxylation is 1. The van der Waals surface area contributed by atoms with Crippen LogP contribution in [0.1, 0.15) is 22.2 Å². The number of carbonyl (C=O) groups excluding carboxylic acids is 1. The lowest BCUT2D eigenvalue weighted by Crippen LogP contribution is -2.32. The summed E-state index contributed by atoms with van der Waals surface area (Å²) in [5.74, 6) is -1.67. The highest BCUT2D eigenvalue weighted by Gasteiger charge is 2.36. The average Bonchev–Trinajstić information content (AvgIpc) is 3.02. The SMILES string of the molecule is Cc1nc(CC(=O)N2C[C@H](C(=O)O)c3ccccc32)cs1. The molecular formula is C15H14N2O3S. The number of thiazole rings is 1. The fourth-order valence-corrected chi connectivity index (χ4v) is 3.21. The highest BCUT2D eigenvalue weighted by Crippen LogP contribution is 2.36. The Kier molecular flexibility index (Phi) is 3.47. The number of fused-ring (bicyclic) bond motifs is 1. The molecule has 1 aliphatic heterocycles. The fourth-order valence-electron chi connectivity index (χ4n) is 2.59. The average molecular weight is 302 g/mol. The Hall–Kier alpha value is -2.21. The first-order valence-corrected chi connectivity index (χ1v) is 7.47. The van der Waals surface area contributed by atoms with E-state index in [4.69, 9.17) is 0 Å². The first-order chi connectivity index (χ1) is 10.1. The molecule has 0 saturated heterocycles. The lowest BCUT2D eigenvalue weighted by molar-refractivity contribution is -0.138. The van der Waals surface area contributed by atoms with E-state index >= 15 is 0 Å². The van der Waals surface area contributed by atoms with E-state index in [0.717, 1.165) is 10.7 Å². The minimum absolute atomic E-state index is 0.114. The Labute approximate surface area is 125 Å². The number of hydrogen-bond acceptors (Lipinski definition) is 4. The van der Waals surface area contributed by atoms with Crippen LogP contribution >= 0.6 is 11.3 Å². The number of para-hydroxylation sites is 1. The molecule has 0 spiro atoms. The highest BCUT2D eigenvalue weighted by atomic mass is 32.1. The van der Waals surface area contributed by atoms with Crippen LogP contribution in [-0.4, -0.2) is 28.5 Å². The van der Waals surface area contributed by atoms with Crippen molar-refractivity contribution < 1.29 is 14.7 Å². The first kappa shape index (κ1) is 13.8. The Balaban J connectivity index is 1.86. The van der Waals surface area contributed by atoms with Gasteiger partial charge in [0, 0.05) is 17.6 Å². The molecule has 2 heterocycles. The molecule has 0 fully saturated rings. The minimum Gasteiger partial charge on any atom is -0.481 e. The van der Waals surface area contributed by atoms with Gasteiger partial charge in [0.1, 0.15) is 5.92 Å². The molecule has 1 aliphatic rings. The molecule has 5 nitrogen and oxygen atoms in total. The number of nitrogens with zero attached hydrogens (tertiary/aromatic N) is 2. The normalized spacial score (nSPS) is 16.8. The number of amides is 1. The number of carboxylic acid groups (broad SMARTS) is 1. The standard InChI is InChI=1S/C15H14N2O3S/c1-9-16-10(8-21-9)6-14(18)17-7-12(15(19)20)11-4-2-3-5-13(11)17/h2-5,8,12H,6-7H2,1H3,(H,19,20)/t12-/m0/s1. The Morgan fingerprint density at radius 2 is 2.19 bits per heavy atom. The smallest absolute Gasteiger partial charge is 0.312 e. The summed E-state index contributed by atoms with van der Waals surface area (Å²) in [4.78, 5) is 29.6. The van der Waals surface area contributed by atoms with Crippen LogP contribution in [-0.2, 0) is 16.0 Å². The monoisotopic (exact) mass is 302 g/mol. The highest BCUT2D eigenvalue weighted by molar-refractivity contribution is 7.09. The molecule has 0 radical (unpaired) electrons. The van der Waals surface area contributed by atoms with E-state index in [2.05, 4.69) is 4.98 Å². The molecule has 21 heavy (non-hydrogen) atoms. The number of aliphatic carboxylic acids is 1. The summed E-state index contributed by atoms with van der Waals surface area (Å²) in [6, 6.07) is 7.18. The van der Waals surface area contributed by atoms with Gasteiger partial charge in [0.15, 0.2) is 0 Å². The zero-order chi connectivity index (χ0) is 15.0. The number of benzene rings is 1. The summed E-state index contributed by atoms with van der Waals surface area (Å²) < 4.78 is 0. The molecular weight excluding hydrogens is 288 g/mol. The van der Waals surface area contributed by atoms with Crippen molar-refractivity contribution >= 4 is 28.9 Å². The van der Waals surface area contributed by atoms with Crippen molar-refractivity contribution in [3.05, 3.63) is 45.9 Å². The molecule has 0 aliphatic carbocycles. The van der Waals surface area contributed by atoms with Gasteiger partial charge in [0.2, 0.25) is 5.91 Å². The second-order valence-electron chi connectivity index (χ2n) is 4.99. The van der Waals surface area contributed by atoms with Crippen LogP contribution in [0.5, 0.6) is 0 Å². The third-order valence-electron chi connectivity index (χ3n) is 3.57. The lowest BCUT2D eigenvalue weighted by atomic mass is 10.0. The summed E-state index contributed by atoms with van der Waals surface area (Å²) in [6.07, 6.45) is 0.199. The van der Waals surface area contributed by atoms with Gasteiger partial charge in [-0.15, -0.1) is 11.3 Å². The maximum Gasteiger partial charge on any atom is 0.312 e. The number of aromatic nitrogens is 1. The van der Waals surface area contributed by atoms with Gasteiger partial charge in [0.05, 0.1) is 17.1 Å². The van der Waals surface area contributed by atoms with Crippen LogP contribution < -0.4 is 4.90 Å². The van der Waals surface area contributed by atoms with Crippen LogP contribution in [0.25, 0.3) is 0 Å². The minimum atomic E-state index is -0.901. The predicted octanol–water partition coefficient (Wildman–Crippen LogP) is 2.21. The molecule has 1 N–H and O–H groups in total. The maximum absolute atomic E-state index is 12.5. The molecule has 6 heteroatoms. The summed E-state index contributed by atoms with van der Waals surface area (Å²) >= 11 is 1.50. The number of hydrogen-bond donors (Lipinski definition) is 1. The van der Waals surface area contributed by atoms with E-state index in [1.807, 2.05) is 18.4 Å². The van der Waals surface area contributed by atoms with E-state index in [1.54, 1.807) is 23.1 Å². The Morgan fingerprint density at radius 1 is 1.43 bits per heavy atom. The van der Waals surface area contributed by atoms with Gasteiger partial charge >= 0.3 is 5.97 Å². The topological polar surface area (TPSA) is 70.5 Å². The second kappa shape index (κ2) is 5.29. The van der Waals surface area contributed by atoms with E-state index in [-0.39, 0.29) is 18.9 Å². The van der Waals surface area contributed by atoms with E-state index in [9.17, 15) is 14.7 Å². The van der Waals surface area contributed by atoms with Crippen LogP contribution in [0.3, 0.4) is 0 Å². The van der Waals surface area contributed by atoms with Gasteiger partial charge in [-0.2, -0.15) is 0 Å². The molecule has 0 saturated carbocycles. The predicted molar refractivity (Wildman–Crippen MR) is 79.7 cm³/mol. The van der Waals surface area contributed by atoms with Gasteiger partial charge in [-0.05, 0) is 18.6 Å². The zero-order valence-electron chi connectivity index (χ0n) is 11.4. The van der Waals surface area contributed by atoms with Crippen LogP contribution in [0.4, 0.5) is 5.69 Å².